The van der Waals surface area contributed by atoms with Gasteiger partial charge in [-0.2, -0.15) is 5.10 Å². The summed E-state index contributed by atoms with van der Waals surface area (Å²) in [6.07, 6.45) is 4.18. The fourth-order valence-corrected chi connectivity index (χ4v) is 2.65. The van der Waals surface area contributed by atoms with Crippen LogP contribution in [0.25, 0.3) is 0 Å². The van der Waals surface area contributed by atoms with Crippen molar-refractivity contribution in [2.75, 3.05) is 20.2 Å². The molecule has 1 saturated heterocycles. The van der Waals surface area contributed by atoms with Crippen LogP contribution in [-0.4, -0.2) is 30.0 Å². The Hall–Kier alpha value is -1.03. The third-order valence-electron chi connectivity index (χ3n) is 3.68. The van der Waals surface area contributed by atoms with E-state index in [-0.39, 0.29) is 0 Å². The standard InChI is InChI=1S/C13H23N3O/c1-4-7-16-13(12(17-3)9-15-16)11-8-14-6-5-10(11)2/h9-11,14H,4-8H2,1-3H3. The van der Waals surface area contributed by atoms with E-state index in [2.05, 4.69) is 28.9 Å². The molecule has 0 amide bonds. The molecule has 1 aromatic heterocycles. The maximum absolute atomic E-state index is 5.46. The van der Waals surface area contributed by atoms with E-state index in [1.807, 2.05) is 6.20 Å². The molecule has 0 aromatic carbocycles. The van der Waals surface area contributed by atoms with Crippen LogP contribution in [0.1, 0.15) is 38.3 Å². The molecule has 1 aliphatic heterocycles. The van der Waals surface area contributed by atoms with E-state index in [9.17, 15) is 0 Å². The number of rotatable bonds is 4. The van der Waals surface area contributed by atoms with Gasteiger partial charge in [-0.15, -0.1) is 0 Å². The Morgan fingerprint density at radius 2 is 2.41 bits per heavy atom. The van der Waals surface area contributed by atoms with Crippen LogP contribution in [0, 0.1) is 5.92 Å². The molecule has 1 N–H and O–H groups in total. The first kappa shape index (κ1) is 12.4. The van der Waals surface area contributed by atoms with Gasteiger partial charge >= 0.3 is 0 Å². The van der Waals surface area contributed by atoms with Gasteiger partial charge in [0, 0.05) is 19.0 Å². The lowest BCUT2D eigenvalue weighted by Crippen LogP contribution is -2.35. The minimum absolute atomic E-state index is 0.521. The minimum atomic E-state index is 0.521. The van der Waals surface area contributed by atoms with Crippen LogP contribution >= 0.6 is 0 Å². The van der Waals surface area contributed by atoms with E-state index in [1.165, 1.54) is 12.1 Å². The van der Waals surface area contributed by atoms with E-state index in [4.69, 9.17) is 4.74 Å². The third-order valence-corrected chi connectivity index (χ3v) is 3.68. The van der Waals surface area contributed by atoms with Crippen molar-refractivity contribution in [2.45, 2.75) is 39.2 Å². The van der Waals surface area contributed by atoms with Crippen LogP contribution in [-0.2, 0) is 6.54 Å². The van der Waals surface area contributed by atoms with Gasteiger partial charge in [-0.25, -0.2) is 0 Å². The van der Waals surface area contributed by atoms with E-state index in [1.54, 1.807) is 7.11 Å². The third kappa shape index (κ3) is 2.46. The Kier molecular flexibility index (Phi) is 4.05. The Balaban J connectivity index is 2.29. The molecule has 0 saturated carbocycles. The van der Waals surface area contributed by atoms with Crippen LogP contribution in [0.3, 0.4) is 0 Å². The predicted molar refractivity (Wildman–Crippen MR) is 68.5 cm³/mol. The summed E-state index contributed by atoms with van der Waals surface area (Å²) < 4.78 is 7.58. The zero-order chi connectivity index (χ0) is 12.3. The summed E-state index contributed by atoms with van der Waals surface area (Å²) in [5.74, 6) is 2.16. The van der Waals surface area contributed by atoms with Gasteiger partial charge in [0.15, 0.2) is 5.75 Å². The van der Waals surface area contributed by atoms with E-state index < -0.39 is 0 Å². The first-order valence-electron chi connectivity index (χ1n) is 6.58. The predicted octanol–water partition coefficient (Wildman–Crippen LogP) is 2.01. The highest BCUT2D eigenvalue weighted by Gasteiger charge is 2.28. The van der Waals surface area contributed by atoms with Crippen LogP contribution in [0.5, 0.6) is 5.75 Å². The second-order valence-corrected chi connectivity index (χ2v) is 4.90. The van der Waals surface area contributed by atoms with Gasteiger partial charge in [0.05, 0.1) is 19.0 Å². The summed E-state index contributed by atoms with van der Waals surface area (Å²) in [6, 6.07) is 0. The molecule has 2 rings (SSSR count). The summed E-state index contributed by atoms with van der Waals surface area (Å²) in [4.78, 5) is 0. The molecule has 0 aliphatic carbocycles. The second kappa shape index (κ2) is 5.54. The number of methoxy groups -OCH3 is 1. The van der Waals surface area contributed by atoms with E-state index in [0.29, 0.717) is 11.8 Å². The molecule has 0 bridgehead atoms. The van der Waals surface area contributed by atoms with Crippen molar-refractivity contribution < 1.29 is 4.74 Å². The number of aromatic nitrogens is 2. The van der Waals surface area contributed by atoms with Crippen LogP contribution < -0.4 is 10.1 Å². The van der Waals surface area contributed by atoms with Crippen molar-refractivity contribution in [3.8, 4) is 5.75 Å². The SMILES string of the molecule is CCCn1ncc(OC)c1C1CNCCC1C. The maximum Gasteiger partial charge on any atom is 0.160 e. The van der Waals surface area contributed by atoms with Crippen LogP contribution in [0.15, 0.2) is 6.20 Å². The first-order chi connectivity index (χ1) is 8.27. The molecule has 2 unspecified atom stereocenters. The molecule has 1 aromatic rings. The minimum Gasteiger partial charge on any atom is -0.493 e. The van der Waals surface area contributed by atoms with Crippen LogP contribution in [0.2, 0.25) is 0 Å². The zero-order valence-electron chi connectivity index (χ0n) is 11.1. The topological polar surface area (TPSA) is 39.1 Å². The highest BCUT2D eigenvalue weighted by atomic mass is 16.5. The van der Waals surface area contributed by atoms with Crippen molar-refractivity contribution in [1.29, 1.82) is 0 Å². The Morgan fingerprint density at radius 3 is 3.06 bits per heavy atom. The highest BCUT2D eigenvalue weighted by Crippen LogP contribution is 2.34. The molecule has 1 fully saturated rings. The van der Waals surface area contributed by atoms with E-state index >= 15 is 0 Å². The largest absolute Gasteiger partial charge is 0.493 e. The molecule has 2 heterocycles. The van der Waals surface area contributed by atoms with Gasteiger partial charge in [-0.1, -0.05) is 13.8 Å². The van der Waals surface area contributed by atoms with Crippen LogP contribution in [0.4, 0.5) is 0 Å². The van der Waals surface area contributed by atoms with Gasteiger partial charge in [-0.05, 0) is 25.3 Å². The first-order valence-corrected chi connectivity index (χ1v) is 6.58. The number of aryl methyl sites for hydroxylation is 1. The number of piperidine rings is 1. The molecular formula is C13H23N3O. The summed E-state index contributed by atoms with van der Waals surface area (Å²) >= 11 is 0. The fraction of sp³-hybridized carbons (Fsp3) is 0.769. The molecule has 0 spiro atoms. The van der Waals surface area contributed by atoms with Gasteiger partial charge in [0.25, 0.3) is 0 Å². The van der Waals surface area contributed by atoms with Gasteiger partial charge in [-0.3, -0.25) is 4.68 Å². The number of hydrogen-bond donors (Lipinski definition) is 1. The van der Waals surface area contributed by atoms with Crippen molar-refractivity contribution in [1.82, 2.24) is 15.1 Å². The average Bonchev–Trinajstić information content (AvgIpc) is 2.73. The quantitative estimate of drug-likeness (QED) is 0.870. The van der Waals surface area contributed by atoms with Gasteiger partial charge in [0.1, 0.15) is 0 Å². The van der Waals surface area contributed by atoms with Crippen molar-refractivity contribution in [3.05, 3.63) is 11.9 Å². The lowest BCUT2D eigenvalue weighted by molar-refractivity contribution is 0.317. The number of hydrogen-bond acceptors (Lipinski definition) is 3. The second-order valence-electron chi connectivity index (χ2n) is 4.90. The normalized spacial score (nSPS) is 24.9. The number of ether oxygens (including phenoxy) is 1. The number of nitrogens with zero attached hydrogens (tertiary/aromatic N) is 2. The fourth-order valence-electron chi connectivity index (χ4n) is 2.65. The summed E-state index contributed by atoms with van der Waals surface area (Å²) in [5.41, 5.74) is 1.27. The molecule has 4 heteroatoms. The summed E-state index contributed by atoms with van der Waals surface area (Å²) in [5, 5.41) is 7.93. The molecule has 1 aliphatic rings. The molecule has 96 valence electrons. The number of nitrogens with one attached hydrogen (secondary N) is 1. The lowest BCUT2D eigenvalue weighted by atomic mass is 9.85. The van der Waals surface area contributed by atoms with Gasteiger partial charge < -0.3 is 10.1 Å². The highest BCUT2D eigenvalue weighted by molar-refractivity contribution is 5.30. The van der Waals surface area contributed by atoms with Crippen molar-refractivity contribution in [2.24, 2.45) is 5.92 Å². The smallest absolute Gasteiger partial charge is 0.160 e. The van der Waals surface area contributed by atoms with Crippen molar-refractivity contribution >= 4 is 0 Å². The Bertz CT molecular complexity index is 362. The van der Waals surface area contributed by atoms with Gasteiger partial charge in [0.2, 0.25) is 0 Å². The zero-order valence-corrected chi connectivity index (χ0v) is 11.1. The molecule has 4 nitrogen and oxygen atoms in total. The van der Waals surface area contributed by atoms with E-state index in [0.717, 1.165) is 31.8 Å². The molecular weight excluding hydrogens is 214 g/mol. The Labute approximate surface area is 103 Å². The molecule has 2 atom stereocenters. The lowest BCUT2D eigenvalue weighted by Gasteiger charge is -2.30. The monoisotopic (exact) mass is 237 g/mol. The average molecular weight is 237 g/mol. The molecule has 17 heavy (non-hydrogen) atoms. The van der Waals surface area contributed by atoms with Crippen molar-refractivity contribution in [3.63, 3.8) is 0 Å². The maximum atomic E-state index is 5.46. The molecule has 0 radical (unpaired) electrons. The Morgan fingerprint density at radius 1 is 1.59 bits per heavy atom. The summed E-state index contributed by atoms with van der Waals surface area (Å²) in [6.45, 7) is 7.64. The summed E-state index contributed by atoms with van der Waals surface area (Å²) in [7, 11) is 1.73.